The third kappa shape index (κ3) is 5.64. The highest BCUT2D eigenvalue weighted by molar-refractivity contribution is 7.98. The first kappa shape index (κ1) is 21.4. The molecule has 12 heteroatoms. The van der Waals surface area contributed by atoms with Crippen LogP contribution in [0.25, 0.3) is 0 Å². The highest BCUT2D eigenvalue weighted by Gasteiger charge is 2.30. The lowest BCUT2D eigenvalue weighted by Gasteiger charge is -2.07. The molecule has 0 saturated heterocycles. The Kier molecular flexibility index (Phi) is 6.56. The number of aromatic nitrogens is 5. The van der Waals surface area contributed by atoms with Gasteiger partial charge in [0.15, 0.2) is 5.16 Å². The fraction of sp³-hybridized carbons (Fsp3) is 0.368. The van der Waals surface area contributed by atoms with E-state index in [0.29, 0.717) is 28.4 Å². The minimum absolute atomic E-state index is 0.225. The maximum Gasteiger partial charge on any atom is 0.282 e. The van der Waals surface area contributed by atoms with E-state index in [4.69, 9.17) is 5.73 Å². The van der Waals surface area contributed by atoms with Crippen LogP contribution in [0.3, 0.4) is 0 Å². The standard InChI is InChI=1S/C19H20FN7O2S2/c20-13-5-1-11(2-6-13)9-22-17(29)18-25-23-15(31-18)10-30-19-26-24-16(12-3-4-12)27(19)8-7-14(21)28/h1-2,5-6,12H,3-4,7-10H2,(H2,21,28)(H,22,29). The number of hydrogen-bond acceptors (Lipinski definition) is 8. The first-order valence-corrected chi connectivity index (χ1v) is 11.5. The largest absolute Gasteiger partial charge is 0.370 e. The molecule has 1 aliphatic carbocycles. The van der Waals surface area contributed by atoms with Crippen LogP contribution in [0.1, 0.15) is 51.4 Å². The maximum absolute atomic E-state index is 13.0. The number of benzene rings is 1. The molecule has 1 aromatic carbocycles. The third-order valence-electron chi connectivity index (χ3n) is 4.62. The summed E-state index contributed by atoms with van der Waals surface area (Å²) in [4.78, 5) is 23.5. The Bertz CT molecular complexity index is 1080. The summed E-state index contributed by atoms with van der Waals surface area (Å²) in [7, 11) is 0. The molecule has 9 nitrogen and oxygen atoms in total. The normalized spacial score (nSPS) is 13.3. The Hall–Kier alpha value is -2.86. The van der Waals surface area contributed by atoms with Crippen molar-refractivity contribution in [2.75, 3.05) is 0 Å². The van der Waals surface area contributed by atoms with Crippen LogP contribution < -0.4 is 11.1 Å². The Morgan fingerprint density at radius 3 is 2.68 bits per heavy atom. The van der Waals surface area contributed by atoms with Crippen LogP contribution in [-0.4, -0.2) is 36.8 Å². The predicted octanol–water partition coefficient (Wildman–Crippen LogP) is 2.24. The highest BCUT2D eigenvalue weighted by atomic mass is 32.2. The molecule has 2 amide bonds. The Balaban J connectivity index is 1.34. The Labute approximate surface area is 185 Å². The quantitative estimate of drug-likeness (QED) is 0.443. The van der Waals surface area contributed by atoms with Crippen molar-refractivity contribution in [1.29, 1.82) is 0 Å². The zero-order valence-electron chi connectivity index (χ0n) is 16.5. The number of primary amides is 1. The van der Waals surface area contributed by atoms with E-state index in [1.54, 1.807) is 12.1 Å². The summed E-state index contributed by atoms with van der Waals surface area (Å²) in [5.41, 5.74) is 6.08. The molecular formula is C19H20FN7O2S2. The molecule has 1 fully saturated rings. The molecule has 2 heterocycles. The third-order valence-corrected chi connectivity index (χ3v) is 6.70. The second-order valence-electron chi connectivity index (χ2n) is 7.08. The molecule has 0 bridgehead atoms. The van der Waals surface area contributed by atoms with E-state index in [9.17, 15) is 14.0 Å². The van der Waals surface area contributed by atoms with Crippen molar-refractivity contribution >= 4 is 34.9 Å². The Morgan fingerprint density at radius 1 is 1.19 bits per heavy atom. The van der Waals surface area contributed by atoms with E-state index >= 15 is 0 Å². The summed E-state index contributed by atoms with van der Waals surface area (Å²) in [6.07, 6.45) is 2.38. The number of nitrogens with one attached hydrogen (secondary N) is 1. The van der Waals surface area contributed by atoms with Crippen LogP contribution in [0.2, 0.25) is 0 Å². The maximum atomic E-state index is 13.0. The van der Waals surface area contributed by atoms with Gasteiger partial charge in [0, 0.05) is 25.4 Å². The lowest BCUT2D eigenvalue weighted by molar-refractivity contribution is -0.118. The zero-order chi connectivity index (χ0) is 21.8. The highest BCUT2D eigenvalue weighted by Crippen LogP contribution is 2.40. The average molecular weight is 462 g/mol. The van der Waals surface area contributed by atoms with Gasteiger partial charge in [-0.3, -0.25) is 9.59 Å². The first-order valence-electron chi connectivity index (χ1n) is 9.69. The molecule has 0 spiro atoms. The summed E-state index contributed by atoms with van der Waals surface area (Å²) in [5, 5.41) is 21.0. The summed E-state index contributed by atoms with van der Waals surface area (Å²) >= 11 is 2.63. The van der Waals surface area contributed by atoms with Crippen LogP contribution in [0, 0.1) is 5.82 Å². The van der Waals surface area contributed by atoms with Crippen LogP contribution >= 0.6 is 23.1 Å². The molecule has 162 valence electrons. The van der Waals surface area contributed by atoms with E-state index in [-0.39, 0.29) is 35.6 Å². The van der Waals surface area contributed by atoms with Gasteiger partial charge in [-0.05, 0) is 30.5 Å². The van der Waals surface area contributed by atoms with Gasteiger partial charge in [0.05, 0.1) is 5.75 Å². The Morgan fingerprint density at radius 2 is 1.97 bits per heavy atom. The summed E-state index contributed by atoms with van der Waals surface area (Å²) in [6.45, 7) is 0.722. The van der Waals surface area contributed by atoms with Gasteiger partial charge >= 0.3 is 0 Å². The summed E-state index contributed by atoms with van der Waals surface area (Å²) in [6, 6.07) is 5.92. The van der Waals surface area contributed by atoms with E-state index < -0.39 is 0 Å². The SMILES string of the molecule is NC(=O)CCn1c(SCc2nnc(C(=O)NCc3ccc(F)cc3)s2)nnc1C1CC1. The average Bonchev–Trinajstić information content (AvgIpc) is 3.34. The number of carbonyl (C=O) groups is 2. The summed E-state index contributed by atoms with van der Waals surface area (Å²) < 4.78 is 14.9. The second-order valence-corrected chi connectivity index (χ2v) is 9.09. The molecule has 0 radical (unpaired) electrons. The monoisotopic (exact) mass is 461 g/mol. The van der Waals surface area contributed by atoms with Gasteiger partial charge in [0.25, 0.3) is 5.91 Å². The molecule has 0 atom stereocenters. The molecule has 3 N–H and O–H groups in total. The van der Waals surface area contributed by atoms with Gasteiger partial charge in [-0.25, -0.2) is 4.39 Å². The molecule has 0 unspecified atom stereocenters. The number of nitrogens with zero attached hydrogens (tertiary/aromatic N) is 5. The van der Waals surface area contributed by atoms with Gasteiger partial charge < -0.3 is 15.6 Å². The van der Waals surface area contributed by atoms with Gasteiger partial charge in [0.2, 0.25) is 10.9 Å². The van der Waals surface area contributed by atoms with Gasteiger partial charge in [-0.2, -0.15) is 0 Å². The predicted molar refractivity (Wildman–Crippen MR) is 113 cm³/mol. The molecule has 2 aromatic heterocycles. The van der Waals surface area contributed by atoms with E-state index in [0.717, 1.165) is 24.2 Å². The van der Waals surface area contributed by atoms with Crippen molar-refractivity contribution in [3.05, 3.63) is 51.5 Å². The van der Waals surface area contributed by atoms with Crippen LogP contribution in [-0.2, 0) is 23.6 Å². The number of rotatable bonds is 10. The first-order chi connectivity index (χ1) is 15.0. The topological polar surface area (TPSA) is 129 Å². The van der Waals surface area contributed by atoms with E-state index in [1.807, 2.05) is 4.57 Å². The summed E-state index contributed by atoms with van der Waals surface area (Å²) in [5.74, 6) is 0.735. The fourth-order valence-corrected chi connectivity index (χ4v) is 4.59. The number of halogens is 1. The number of thioether (sulfide) groups is 1. The molecular weight excluding hydrogens is 441 g/mol. The minimum Gasteiger partial charge on any atom is -0.370 e. The van der Waals surface area contributed by atoms with E-state index in [2.05, 4.69) is 25.7 Å². The van der Waals surface area contributed by atoms with Gasteiger partial charge in [-0.1, -0.05) is 35.2 Å². The molecule has 1 saturated carbocycles. The van der Waals surface area contributed by atoms with Crippen molar-refractivity contribution < 1.29 is 14.0 Å². The van der Waals surface area contributed by atoms with Crippen molar-refractivity contribution in [3.8, 4) is 0 Å². The van der Waals surface area contributed by atoms with Gasteiger partial charge in [0.1, 0.15) is 16.6 Å². The van der Waals surface area contributed by atoms with Crippen LogP contribution in [0.5, 0.6) is 0 Å². The van der Waals surface area contributed by atoms with Crippen molar-refractivity contribution in [2.45, 2.75) is 49.2 Å². The second kappa shape index (κ2) is 9.52. The number of nitrogens with two attached hydrogens (primary N) is 1. The van der Waals surface area contributed by atoms with Crippen molar-refractivity contribution in [1.82, 2.24) is 30.3 Å². The molecule has 31 heavy (non-hydrogen) atoms. The lowest BCUT2D eigenvalue weighted by atomic mass is 10.2. The van der Waals surface area contributed by atoms with Crippen molar-refractivity contribution in [3.63, 3.8) is 0 Å². The smallest absolute Gasteiger partial charge is 0.282 e. The van der Waals surface area contributed by atoms with Crippen LogP contribution in [0.15, 0.2) is 29.4 Å². The van der Waals surface area contributed by atoms with Gasteiger partial charge in [-0.15, -0.1) is 20.4 Å². The fourth-order valence-electron chi connectivity index (χ4n) is 2.87. The number of amides is 2. The molecule has 0 aliphatic heterocycles. The molecule has 3 aromatic rings. The number of carbonyl (C=O) groups excluding carboxylic acids is 2. The molecule has 4 rings (SSSR count). The zero-order valence-corrected chi connectivity index (χ0v) is 18.1. The van der Waals surface area contributed by atoms with E-state index in [1.165, 1.54) is 35.2 Å². The minimum atomic E-state index is -0.369. The molecule has 1 aliphatic rings. The van der Waals surface area contributed by atoms with Crippen molar-refractivity contribution in [2.24, 2.45) is 5.73 Å². The number of hydrogen-bond donors (Lipinski definition) is 2. The van der Waals surface area contributed by atoms with Crippen LogP contribution in [0.4, 0.5) is 4.39 Å². The lowest BCUT2D eigenvalue weighted by Crippen LogP contribution is -2.22.